The lowest BCUT2D eigenvalue weighted by Gasteiger charge is -2.35. The first-order valence-corrected chi connectivity index (χ1v) is 5.02. The van der Waals surface area contributed by atoms with Gasteiger partial charge in [-0.3, -0.25) is 9.59 Å². The highest BCUT2D eigenvalue weighted by molar-refractivity contribution is 5.82. The summed E-state index contributed by atoms with van der Waals surface area (Å²) < 4.78 is 0. The Morgan fingerprint density at radius 1 is 1.20 bits per heavy atom. The average molecular weight is 214 g/mol. The zero-order valence-electron chi connectivity index (χ0n) is 8.38. The van der Waals surface area contributed by atoms with Crippen molar-refractivity contribution < 1.29 is 24.9 Å². The van der Waals surface area contributed by atoms with Crippen molar-refractivity contribution in [1.29, 1.82) is 0 Å². The van der Waals surface area contributed by atoms with Gasteiger partial charge in [-0.2, -0.15) is 0 Å². The zero-order chi connectivity index (χ0) is 11.4. The van der Waals surface area contributed by atoms with E-state index in [1.165, 1.54) is 0 Å². The third-order valence-electron chi connectivity index (χ3n) is 3.93. The molecule has 2 fully saturated rings. The molecule has 0 unspecified atom stereocenters. The number of hydrogen-bond acceptors (Lipinski definition) is 3. The van der Waals surface area contributed by atoms with E-state index in [-0.39, 0.29) is 5.92 Å². The first-order valence-electron chi connectivity index (χ1n) is 5.02. The maximum absolute atomic E-state index is 11.0. The van der Waals surface area contributed by atoms with Gasteiger partial charge in [-0.15, -0.1) is 0 Å². The highest BCUT2D eigenvalue weighted by Gasteiger charge is 2.62. The fraction of sp³-hybridized carbons (Fsp3) is 0.800. The summed E-state index contributed by atoms with van der Waals surface area (Å²) in [6.45, 7) is 1.60. The molecule has 2 bridgehead atoms. The molecule has 2 aliphatic rings. The summed E-state index contributed by atoms with van der Waals surface area (Å²) in [7, 11) is 0. The van der Waals surface area contributed by atoms with E-state index in [1.807, 2.05) is 0 Å². The minimum Gasteiger partial charge on any atom is -0.481 e. The molecule has 2 rings (SSSR count). The lowest BCUT2D eigenvalue weighted by atomic mass is 9.72. The monoisotopic (exact) mass is 214 g/mol. The van der Waals surface area contributed by atoms with Crippen molar-refractivity contribution in [2.75, 3.05) is 0 Å². The molecule has 5 atom stereocenters. The molecule has 2 saturated carbocycles. The highest BCUT2D eigenvalue weighted by atomic mass is 16.4. The van der Waals surface area contributed by atoms with Gasteiger partial charge >= 0.3 is 11.9 Å². The van der Waals surface area contributed by atoms with Crippen molar-refractivity contribution in [3.8, 4) is 0 Å². The molecule has 84 valence electrons. The molecule has 0 aromatic heterocycles. The number of hydrogen-bond donors (Lipinski definition) is 3. The van der Waals surface area contributed by atoms with Crippen LogP contribution in [-0.4, -0.2) is 32.9 Å². The standard InChI is InChI=1S/C10H14O5/c1-10(15)3-4-2-5(10)7(9(13)14)6(4)8(11)12/h4-7,15H,2-3H2,1H3,(H,11,12)(H,13,14)/t4-,5+,6+,7-,10+/m0/s1. The van der Waals surface area contributed by atoms with Gasteiger partial charge in [0.25, 0.3) is 0 Å². The number of aliphatic hydroxyl groups is 1. The number of rotatable bonds is 2. The van der Waals surface area contributed by atoms with Gasteiger partial charge in [0.15, 0.2) is 0 Å². The number of carbonyl (C=O) groups is 2. The lowest BCUT2D eigenvalue weighted by Crippen LogP contribution is -2.45. The van der Waals surface area contributed by atoms with Crippen LogP contribution in [0.1, 0.15) is 19.8 Å². The van der Waals surface area contributed by atoms with Crippen molar-refractivity contribution >= 4 is 11.9 Å². The van der Waals surface area contributed by atoms with Crippen LogP contribution in [0.2, 0.25) is 0 Å². The van der Waals surface area contributed by atoms with Gasteiger partial charge in [0, 0.05) is 5.92 Å². The van der Waals surface area contributed by atoms with Crippen molar-refractivity contribution in [1.82, 2.24) is 0 Å². The van der Waals surface area contributed by atoms with Gasteiger partial charge < -0.3 is 15.3 Å². The predicted octanol–water partition coefficient (Wildman–Crippen LogP) is 0.179. The highest BCUT2D eigenvalue weighted by Crippen LogP contribution is 2.57. The molecule has 0 saturated heterocycles. The number of fused-ring (bicyclic) bond motifs is 2. The van der Waals surface area contributed by atoms with Crippen LogP contribution in [0.25, 0.3) is 0 Å². The summed E-state index contributed by atoms with van der Waals surface area (Å²) in [6.07, 6.45) is 0.916. The van der Waals surface area contributed by atoms with E-state index in [0.717, 1.165) is 0 Å². The Morgan fingerprint density at radius 2 is 1.73 bits per heavy atom. The first kappa shape index (κ1) is 10.4. The molecule has 0 aliphatic heterocycles. The zero-order valence-corrected chi connectivity index (χ0v) is 8.38. The minimum absolute atomic E-state index is 0.191. The fourth-order valence-corrected chi connectivity index (χ4v) is 3.38. The summed E-state index contributed by atoms with van der Waals surface area (Å²) in [4.78, 5) is 22.0. The fourth-order valence-electron chi connectivity index (χ4n) is 3.38. The van der Waals surface area contributed by atoms with Crippen molar-refractivity contribution in [3.63, 3.8) is 0 Å². The molecule has 15 heavy (non-hydrogen) atoms. The van der Waals surface area contributed by atoms with E-state index in [9.17, 15) is 14.7 Å². The minimum atomic E-state index is -1.10. The second-order valence-corrected chi connectivity index (χ2v) is 4.89. The molecular weight excluding hydrogens is 200 g/mol. The summed E-state index contributed by atoms with van der Waals surface area (Å²) in [5, 5.41) is 27.9. The van der Waals surface area contributed by atoms with Crippen LogP contribution >= 0.6 is 0 Å². The van der Waals surface area contributed by atoms with Crippen molar-refractivity contribution in [3.05, 3.63) is 0 Å². The number of aliphatic carboxylic acids is 2. The topological polar surface area (TPSA) is 94.8 Å². The van der Waals surface area contributed by atoms with Gasteiger partial charge in [0.2, 0.25) is 0 Å². The van der Waals surface area contributed by atoms with E-state index in [0.29, 0.717) is 12.8 Å². The molecule has 5 nitrogen and oxygen atoms in total. The molecule has 0 amide bonds. The van der Waals surface area contributed by atoms with Gasteiger partial charge in [-0.1, -0.05) is 0 Å². The molecular formula is C10H14O5. The van der Waals surface area contributed by atoms with Gasteiger partial charge in [-0.25, -0.2) is 0 Å². The molecule has 0 spiro atoms. The maximum atomic E-state index is 11.0. The summed E-state index contributed by atoms with van der Waals surface area (Å²) in [5.41, 5.74) is -1.01. The van der Waals surface area contributed by atoms with Crippen LogP contribution < -0.4 is 0 Å². The Hall–Kier alpha value is -1.10. The predicted molar refractivity (Wildman–Crippen MR) is 49.1 cm³/mol. The van der Waals surface area contributed by atoms with Crippen LogP contribution in [0.3, 0.4) is 0 Å². The van der Waals surface area contributed by atoms with Crippen LogP contribution in [-0.2, 0) is 9.59 Å². The second kappa shape index (κ2) is 2.95. The molecule has 0 heterocycles. The lowest BCUT2D eigenvalue weighted by molar-refractivity contribution is -0.162. The maximum Gasteiger partial charge on any atom is 0.307 e. The van der Waals surface area contributed by atoms with Gasteiger partial charge in [0.05, 0.1) is 17.4 Å². The third-order valence-corrected chi connectivity index (χ3v) is 3.93. The Morgan fingerprint density at radius 3 is 2.20 bits per heavy atom. The van der Waals surface area contributed by atoms with Crippen LogP contribution in [0.4, 0.5) is 0 Å². The normalized spacial score (nSPS) is 48.1. The largest absolute Gasteiger partial charge is 0.481 e. The van der Waals surface area contributed by atoms with E-state index < -0.39 is 35.3 Å². The first-order chi connectivity index (χ1) is 6.84. The molecule has 0 aromatic carbocycles. The molecule has 0 radical (unpaired) electrons. The number of carboxylic acid groups (broad SMARTS) is 2. The summed E-state index contributed by atoms with van der Waals surface area (Å²) >= 11 is 0. The van der Waals surface area contributed by atoms with E-state index >= 15 is 0 Å². The van der Waals surface area contributed by atoms with Crippen LogP contribution in [0, 0.1) is 23.7 Å². The summed E-state index contributed by atoms with van der Waals surface area (Å²) in [5.74, 6) is -4.52. The van der Waals surface area contributed by atoms with Crippen LogP contribution in [0.15, 0.2) is 0 Å². The number of carboxylic acids is 2. The quantitative estimate of drug-likeness (QED) is 0.609. The van der Waals surface area contributed by atoms with Crippen molar-refractivity contribution in [2.24, 2.45) is 23.7 Å². The Balaban J connectivity index is 2.33. The molecule has 5 heteroatoms. The molecule has 0 aromatic rings. The second-order valence-electron chi connectivity index (χ2n) is 4.89. The van der Waals surface area contributed by atoms with Gasteiger partial charge in [0.1, 0.15) is 0 Å². The van der Waals surface area contributed by atoms with Crippen LogP contribution in [0.5, 0.6) is 0 Å². The average Bonchev–Trinajstić information content (AvgIpc) is 2.54. The Kier molecular flexibility index (Phi) is 2.05. The van der Waals surface area contributed by atoms with E-state index in [1.54, 1.807) is 6.92 Å². The Bertz CT molecular complexity index is 322. The SMILES string of the molecule is C[C@@]1(O)C[C@@H]2C[C@@H]1[C@H](C(=O)O)[C@@H]2C(=O)O. The van der Waals surface area contributed by atoms with Gasteiger partial charge in [-0.05, 0) is 25.7 Å². The Labute approximate surface area is 86.7 Å². The van der Waals surface area contributed by atoms with E-state index in [4.69, 9.17) is 10.2 Å². The molecule has 2 aliphatic carbocycles. The van der Waals surface area contributed by atoms with Crippen molar-refractivity contribution in [2.45, 2.75) is 25.4 Å². The third kappa shape index (κ3) is 1.33. The van der Waals surface area contributed by atoms with E-state index in [2.05, 4.69) is 0 Å². The molecule has 3 N–H and O–H groups in total. The summed E-state index contributed by atoms with van der Waals surface area (Å²) in [6, 6.07) is 0. The smallest absolute Gasteiger partial charge is 0.307 e.